The molecule has 0 amide bonds. The van der Waals surface area contributed by atoms with Crippen LogP contribution in [0.1, 0.15) is 52.3 Å². The summed E-state index contributed by atoms with van der Waals surface area (Å²) >= 11 is 6.31. The second kappa shape index (κ2) is 8.23. The van der Waals surface area contributed by atoms with Crippen LogP contribution in [0.2, 0.25) is 5.02 Å². The molecular formula is C20H28ClN3O2. The van der Waals surface area contributed by atoms with Crippen molar-refractivity contribution in [1.29, 1.82) is 0 Å². The van der Waals surface area contributed by atoms with Crippen LogP contribution >= 0.6 is 11.6 Å². The van der Waals surface area contributed by atoms with Gasteiger partial charge in [0.1, 0.15) is 6.04 Å². The molecule has 0 spiro atoms. The second-order valence-corrected chi connectivity index (χ2v) is 8.46. The Morgan fingerprint density at radius 1 is 1.31 bits per heavy atom. The van der Waals surface area contributed by atoms with Gasteiger partial charge in [-0.2, -0.15) is 5.10 Å². The Labute approximate surface area is 160 Å². The fourth-order valence-electron chi connectivity index (χ4n) is 2.91. The molecular weight excluding hydrogens is 350 g/mol. The van der Waals surface area contributed by atoms with E-state index in [0.29, 0.717) is 23.9 Å². The number of nitrogens with zero attached hydrogens (tertiary/aromatic N) is 2. The Morgan fingerprint density at radius 3 is 2.50 bits per heavy atom. The van der Waals surface area contributed by atoms with Crippen molar-refractivity contribution in [3.63, 3.8) is 0 Å². The third kappa shape index (κ3) is 5.08. The van der Waals surface area contributed by atoms with Crippen molar-refractivity contribution in [2.24, 2.45) is 5.92 Å². The van der Waals surface area contributed by atoms with Gasteiger partial charge >= 0.3 is 5.97 Å². The van der Waals surface area contributed by atoms with E-state index < -0.39 is 12.0 Å². The van der Waals surface area contributed by atoms with Crippen LogP contribution in [0.3, 0.4) is 0 Å². The van der Waals surface area contributed by atoms with Crippen LogP contribution in [0, 0.1) is 5.92 Å². The van der Waals surface area contributed by atoms with Crippen LogP contribution in [0.5, 0.6) is 0 Å². The molecule has 0 unspecified atom stereocenters. The third-order valence-corrected chi connectivity index (χ3v) is 4.46. The fourth-order valence-corrected chi connectivity index (χ4v) is 3.13. The van der Waals surface area contributed by atoms with Crippen molar-refractivity contribution < 1.29 is 9.90 Å². The fraction of sp³-hybridized carbons (Fsp3) is 0.500. The van der Waals surface area contributed by atoms with Crippen molar-refractivity contribution in [2.45, 2.75) is 59.0 Å². The molecule has 0 fully saturated rings. The minimum absolute atomic E-state index is 0.166. The van der Waals surface area contributed by atoms with Gasteiger partial charge < -0.3 is 10.4 Å². The highest BCUT2D eigenvalue weighted by atomic mass is 35.5. The first-order valence-corrected chi connectivity index (χ1v) is 9.27. The van der Waals surface area contributed by atoms with Crippen molar-refractivity contribution in [3.8, 4) is 5.69 Å². The molecule has 142 valence electrons. The van der Waals surface area contributed by atoms with Crippen LogP contribution in [-0.4, -0.2) is 26.9 Å². The smallest absolute Gasteiger partial charge is 0.320 e. The summed E-state index contributed by atoms with van der Waals surface area (Å²) in [4.78, 5) is 11.5. The normalized spacial score (nSPS) is 13.2. The first kappa shape index (κ1) is 20.5. The first-order chi connectivity index (χ1) is 12.1. The lowest BCUT2D eigenvalue weighted by Crippen LogP contribution is -2.37. The zero-order chi connectivity index (χ0) is 19.5. The van der Waals surface area contributed by atoms with Crippen molar-refractivity contribution >= 4 is 17.6 Å². The Balaban J connectivity index is 2.32. The maximum atomic E-state index is 11.5. The monoisotopic (exact) mass is 377 g/mol. The number of rotatable bonds is 7. The van der Waals surface area contributed by atoms with E-state index >= 15 is 0 Å². The van der Waals surface area contributed by atoms with E-state index in [1.54, 1.807) is 4.68 Å². The summed E-state index contributed by atoms with van der Waals surface area (Å²) < 4.78 is 1.78. The Kier molecular flexibility index (Phi) is 6.48. The molecule has 1 aromatic heterocycles. The molecule has 0 aliphatic heterocycles. The van der Waals surface area contributed by atoms with Gasteiger partial charge in [-0.05, 0) is 24.5 Å². The minimum Gasteiger partial charge on any atom is -0.480 e. The summed E-state index contributed by atoms with van der Waals surface area (Å²) in [7, 11) is 0. The maximum Gasteiger partial charge on any atom is 0.320 e. The van der Waals surface area contributed by atoms with Crippen LogP contribution < -0.4 is 5.32 Å². The van der Waals surface area contributed by atoms with E-state index in [9.17, 15) is 9.90 Å². The zero-order valence-electron chi connectivity index (χ0n) is 16.1. The number of aromatic nitrogens is 2. The molecule has 2 N–H and O–H groups in total. The second-order valence-electron chi connectivity index (χ2n) is 8.05. The van der Waals surface area contributed by atoms with E-state index in [0.717, 1.165) is 16.9 Å². The highest BCUT2D eigenvalue weighted by molar-refractivity contribution is 6.32. The highest BCUT2D eigenvalue weighted by Crippen LogP contribution is 2.27. The topological polar surface area (TPSA) is 67.2 Å². The Bertz CT molecular complexity index is 763. The predicted molar refractivity (Wildman–Crippen MR) is 105 cm³/mol. The highest BCUT2D eigenvalue weighted by Gasteiger charge is 2.25. The molecule has 0 aliphatic rings. The van der Waals surface area contributed by atoms with Crippen molar-refractivity contribution in [2.75, 3.05) is 0 Å². The molecule has 26 heavy (non-hydrogen) atoms. The summed E-state index contributed by atoms with van der Waals surface area (Å²) in [5.41, 5.74) is 2.55. The van der Waals surface area contributed by atoms with Gasteiger partial charge in [0.2, 0.25) is 0 Å². The van der Waals surface area contributed by atoms with E-state index in [1.165, 1.54) is 0 Å². The van der Waals surface area contributed by atoms with E-state index in [2.05, 4.69) is 26.1 Å². The molecule has 0 aliphatic carbocycles. The number of carboxylic acids is 1. The van der Waals surface area contributed by atoms with E-state index in [-0.39, 0.29) is 5.41 Å². The molecule has 5 nitrogen and oxygen atoms in total. The number of carbonyl (C=O) groups is 1. The molecule has 0 bridgehead atoms. The average molecular weight is 378 g/mol. The van der Waals surface area contributed by atoms with Crippen LogP contribution in [0.25, 0.3) is 5.69 Å². The number of carboxylic acid groups (broad SMARTS) is 1. The average Bonchev–Trinajstić information content (AvgIpc) is 2.95. The van der Waals surface area contributed by atoms with Gasteiger partial charge in [0.15, 0.2) is 0 Å². The number of para-hydroxylation sites is 1. The number of hydrogen-bond donors (Lipinski definition) is 2. The number of nitrogens with one attached hydrogen (secondary N) is 1. The molecule has 0 saturated carbocycles. The molecule has 2 aromatic rings. The van der Waals surface area contributed by atoms with E-state index in [4.69, 9.17) is 16.7 Å². The molecule has 1 aromatic carbocycles. The van der Waals surface area contributed by atoms with Gasteiger partial charge in [-0.25, -0.2) is 4.68 Å². The molecule has 0 saturated heterocycles. The lowest BCUT2D eigenvalue weighted by Gasteiger charge is -2.20. The van der Waals surface area contributed by atoms with Crippen molar-refractivity contribution in [3.05, 3.63) is 46.7 Å². The van der Waals surface area contributed by atoms with Gasteiger partial charge in [0.05, 0.1) is 16.4 Å². The number of aliphatic carboxylic acids is 1. The van der Waals surface area contributed by atoms with Gasteiger partial charge in [-0.3, -0.25) is 4.79 Å². The molecule has 0 radical (unpaired) electrons. The van der Waals surface area contributed by atoms with Crippen LogP contribution in [-0.2, 0) is 16.8 Å². The predicted octanol–water partition coefficient (Wildman–Crippen LogP) is 4.41. The molecule has 1 atom stereocenters. The van der Waals surface area contributed by atoms with Crippen LogP contribution in [0.15, 0.2) is 30.5 Å². The SMILES string of the molecule is CC(C)C[C@H](NCc1cn(-c2ccccc2Cl)nc1C(C)(C)C)C(=O)O. The first-order valence-electron chi connectivity index (χ1n) is 8.89. The summed E-state index contributed by atoms with van der Waals surface area (Å²) in [5, 5.41) is 18.0. The number of halogens is 1. The van der Waals surface area contributed by atoms with Gasteiger partial charge in [-0.1, -0.05) is 58.4 Å². The number of benzene rings is 1. The molecule has 1 heterocycles. The van der Waals surface area contributed by atoms with Gasteiger partial charge in [0, 0.05) is 23.7 Å². The van der Waals surface area contributed by atoms with Crippen LogP contribution in [0.4, 0.5) is 0 Å². The zero-order valence-corrected chi connectivity index (χ0v) is 16.8. The Hall–Kier alpha value is -1.85. The summed E-state index contributed by atoms with van der Waals surface area (Å²) in [6, 6.07) is 6.96. The lowest BCUT2D eigenvalue weighted by atomic mass is 9.89. The molecule has 2 rings (SSSR count). The maximum absolute atomic E-state index is 11.5. The third-order valence-electron chi connectivity index (χ3n) is 4.14. The van der Waals surface area contributed by atoms with Crippen molar-refractivity contribution in [1.82, 2.24) is 15.1 Å². The summed E-state index contributed by atoms with van der Waals surface area (Å²) in [6.07, 6.45) is 2.52. The number of hydrogen-bond acceptors (Lipinski definition) is 3. The van der Waals surface area contributed by atoms with Gasteiger partial charge in [-0.15, -0.1) is 0 Å². The lowest BCUT2D eigenvalue weighted by molar-refractivity contribution is -0.140. The summed E-state index contributed by atoms with van der Waals surface area (Å²) in [5.74, 6) is -0.522. The molecule has 6 heteroatoms. The standard InChI is InChI=1S/C20H28ClN3O2/c1-13(2)10-16(19(25)26)22-11-14-12-24(23-18(14)20(3,4)5)17-9-7-6-8-15(17)21/h6-9,12-13,16,22H,10-11H2,1-5H3,(H,25,26)/t16-/m0/s1. The van der Waals surface area contributed by atoms with Gasteiger partial charge in [0.25, 0.3) is 0 Å². The quantitative estimate of drug-likeness (QED) is 0.749. The largest absolute Gasteiger partial charge is 0.480 e. The minimum atomic E-state index is -0.825. The summed E-state index contributed by atoms with van der Waals surface area (Å²) in [6.45, 7) is 10.8. The Morgan fingerprint density at radius 2 is 1.96 bits per heavy atom. The van der Waals surface area contributed by atoms with E-state index in [1.807, 2.05) is 44.3 Å².